The van der Waals surface area contributed by atoms with Crippen LogP contribution in [0.3, 0.4) is 0 Å². The first kappa shape index (κ1) is 25.0. The predicted octanol–water partition coefficient (Wildman–Crippen LogP) is 2.75. The smallest absolute Gasteiger partial charge is 0.308 e. The number of nitrogens with one attached hydrogen (secondary N) is 1. The van der Waals surface area contributed by atoms with Crippen LogP contribution >= 0.6 is 0 Å². The van der Waals surface area contributed by atoms with E-state index in [9.17, 15) is 28.1 Å². The Morgan fingerprint density at radius 1 is 1.19 bits per heavy atom. The second kappa shape index (κ2) is 10.3. The van der Waals surface area contributed by atoms with Crippen molar-refractivity contribution in [3.05, 3.63) is 64.2 Å². The van der Waals surface area contributed by atoms with Gasteiger partial charge in [0.15, 0.2) is 0 Å². The van der Waals surface area contributed by atoms with Crippen molar-refractivity contribution < 1.29 is 32.4 Å². The minimum Gasteiger partial charge on any atom is -0.487 e. The van der Waals surface area contributed by atoms with Crippen LogP contribution in [0.2, 0.25) is 0 Å². The molecule has 2 aromatic rings. The Balaban J connectivity index is 2.28. The Morgan fingerprint density at radius 2 is 1.84 bits per heavy atom. The number of hydrogen-bond donors (Lipinski definition) is 1. The quantitative estimate of drug-likeness (QED) is 0.245. The summed E-state index contributed by atoms with van der Waals surface area (Å²) in [5.41, 5.74) is -0.459. The Labute approximate surface area is 185 Å². The Hall–Kier alpha value is -3.31. The maximum atomic E-state index is 12.9. The summed E-state index contributed by atoms with van der Waals surface area (Å²) >= 11 is 0. The molecule has 0 radical (unpaired) electrons. The molecule has 0 aliphatic heterocycles. The number of hydrogen-bond acceptors (Lipinski definition) is 8. The van der Waals surface area contributed by atoms with Crippen LogP contribution in [-0.2, 0) is 31.0 Å². The number of rotatable bonds is 10. The number of nitrogens with zero attached hydrogens (tertiary/aromatic N) is 1. The number of non-ortho nitro benzene ring substituents is 1. The van der Waals surface area contributed by atoms with E-state index in [0.29, 0.717) is 5.56 Å². The molecule has 0 aliphatic rings. The summed E-state index contributed by atoms with van der Waals surface area (Å²) in [5, 5.41) is 11.1. The molecular weight excluding hydrogens is 440 g/mol. The van der Waals surface area contributed by atoms with Crippen molar-refractivity contribution in [2.24, 2.45) is 0 Å². The number of aldehydes is 1. The standard InChI is InChI=1S/C21H24N2O8S/c1-21(2,3)31-20(25)11-16(13-24)22-32(28,29)19-10-9-17(23(26)27)12-18(19)30-14-15-7-5-4-6-8-15/h4-10,12-13,16,22H,11,14H2,1-3H3. The minimum atomic E-state index is -4.38. The van der Waals surface area contributed by atoms with Gasteiger partial charge in [-0.1, -0.05) is 30.3 Å². The topological polar surface area (TPSA) is 142 Å². The van der Waals surface area contributed by atoms with Crippen LogP contribution in [0, 0.1) is 10.1 Å². The molecule has 0 heterocycles. The number of carbonyl (C=O) groups excluding carboxylic acids is 2. The van der Waals surface area contributed by atoms with Gasteiger partial charge in [-0.25, -0.2) is 13.1 Å². The highest BCUT2D eigenvalue weighted by atomic mass is 32.2. The summed E-state index contributed by atoms with van der Waals surface area (Å²) in [6.45, 7) is 4.87. The third-order valence-electron chi connectivity index (χ3n) is 3.94. The maximum Gasteiger partial charge on any atom is 0.308 e. The summed E-state index contributed by atoms with van der Waals surface area (Å²) in [7, 11) is -4.38. The van der Waals surface area contributed by atoms with Gasteiger partial charge in [0.05, 0.1) is 23.5 Å². The van der Waals surface area contributed by atoms with Crippen molar-refractivity contribution in [1.29, 1.82) is 0 Å². The molecule has 0 spiro atoms. The molecule has 0 bridgehead atoms. The lowest BCUT2D eigenvalue weighted by Crippen LogP contribution is -2.39. The summed E-state index contributed by atoms with van der Waals surface area (Å²) < 4.78 is 38.6. The fourth-order valence-corrected chi connectivity index (χ4v) is 3.92. The van der Waals surface area contributed by atoms with Gasteiger partial charge in [-0.05, 0) is 32.4 Å². The molecule has 172 valence electrons. The molecule has 0 saturated carbocycles. The molecule has 10 nitrogen and oxygen atoms in total. The van der Waals surface area contributed by atoms with Gasteiger partial charge < -0.3 is 14.3 Å². The number of nitro groups is 1. The van der Waals surface area contributed by atoms with Gasteiger partial charge in [0.25, 0.3) is 5.69 Å². The van der Waals surface area contributed by atoms with E-state index in [-0.39, 0.29) is 24.3 Å². The molecule has 0 fully saturated rings. The van der Waals surface area contributed by atoms with Crippen LogP contribution in [0.1, 0.15) is 32.8 Å². The van der Waals surface area contributed by atoms with Crippen LogP contribution in [0.25, 0.3) is 0 Å². The van der Waals surface area contributed by atoms with E-state index in [0.717, 1.165) is 18.2 Å². The molecular formula is C21H24N2O8S. The number of esters is 1. The third kappa shape index (κ3) is 7.43. The van der Waals surface area contributed by atoms with E-state index in [2.05, 4.69) is 4.72 Å². The monoisotopic (exact) mass is 464 g/mol. The number of sulfonamides is 1. The zero-order valence-corrected chi connectivity index (χ0v) is 18.6. The van der Waals surface area contributed by atoms with Crippen molar-refractivity contribution in [1.82, 2.24) is 4.72 Å². The first-order valence-corrected chi connectivity index (χ1v) is 11.0. The summed E-state index contributed by atoms with van der Waals surface area (Å²) in [5.74, 6) is -1.03. The molecule has 0 aliphatic carbocycles. The van der Waals surface area contributed by atoms with Gasteiger partial charge in [-0.2, -0.15) is 0 Å². The van der Waals surface area contributed by atoms with Crippen LogP contribution in [-0.4, -0.2) is 37.2 Å². The Kier molecular flexibility index (Phi) is 8.06. The highest BCUT2D eigenvalue weighted by molar-refractivity contribution is 7.89. The molecule has 1 atom stereocenters. The molecule has 32 heavy (non-hydrogen) atoms. The largest absolute Gasteiger partial charge is 0.487 e. The van der Waals surface area contributed by atoms with Crippen molar-refractivity contribution in [3.8, 4) is 5.75 Å². The predicted molar refractivity (Wildman–Crippen MR) is 115 cm³/mol. The second-order valence-corrected chi connectivity index (χ2v) is 9.50. The number of carbonyl (C=O) groups is 2. The van der Waals surface area contributed by atoms with E-state index in [1.807, 2.05) is 0 Å². The Bertz CT molecular complexity index is 1080. The molecule has 1 unspecified atom stereocenters. The van der Waals surface area contributed by atoms with Gasteiger partial charge in [-0.3, -0.25) is 14.9 Å². The summed E-state index contributed by atoms with van der Waals surface area (Å²) in [6.07, 6.45) is -0.245. The molecule has 1 N–H and O–H groups in total. The van der Waals surface area contributed by atoms with Gasteiger partial charge in [0.2, 0.25) is 10.0 Å². The number of nitro benzene ring substituents is 1. The van der Waals surface area contributed by atoms with Gasteiger partial charge >= 0.3 is 5.97 Å². The lowest BCUT2D eigenvalue weighted by Gasteiger charge is -2.21. The van der Waals surface area contributed by atoms with Gasteiger partial charge in [0, 0.05) is 6.07 Å². The molecule has 2 aromatic carbocycles. The van der Waals surface area contributed by atoms with Crippen LogP contribution in [0.4, 0.5) is 5.69 Å². The van der Waals surface area contributed by atoms with Crippen LogP contribution in [0.15, 0.2) is 53.4 Å². The lowest BCUT2D eigenvalue weighted by molar-refractivity contribution is -0.385. The van der Waals surface area contributed by atoms with E-state index in [4.69, 9.17) is 9.47 Å². The van der Waals surface area contributed by atoms with E-state index in [1.165, 1.54) is 0 Å². The molecule has 0 aromatic heterocycles. The maximum absolute atomic E-state index is 12.9. The van der Waals surface area contributed by atoms with Crippen molar-refractivity contribution in [2.75, 3.05) is 0 Å². The van der Waals surface area contributed by atoms with Gasteiger partial charge in [-0.15, -0.1) is 0 Å². The third-order valence-corrected chi connectivity index (χ3v) is 5.47. The van der Waals surface area contributed by atoms with E-state index in [1.54, 1.807) is 51.1 Å². The normalized spacial score (nSPS) is 12.6. The number of ether oxygens (including phenoxy) is 2. The summed E-state index contributed by atoms with van der Waals surface area (Å²) in [4.78, 5) is 33.4. The van der Waals surface area contributed by atoms with E-state index >= 15 is 0 Å². The average Bonchev–Trinajstić information content (AvgIpc) is 2.70. The van der Waals surface area contributed by atoms with Crippen molar-refractivity contribution in [3.63, 3.8) is 0 Å². The van der Waals surface area contributed by atoms with Crippen molar-refractivity contribution >= 4 is 28.0 Å². The lowest BCUT2D eigenvalue weighted by atomic mass is 10.2. The molecule has 0 saturated heterocycles. The van der Waals surface area contributed by atoms with E-state index < -0.39 is 43.9 Å². The fourth-order valence-electron chi connectivity index (χ4n) is 2.62. The van der Waals surface area contributed by atoms with Crippen molar-refractivity contribution in [2.45, 2.75) is 50.3 Å². The summed E-state index contributed by atoms with van der Waals surface area (Å²) in [6, 6.07) is 10.4. The first-order chi connectivity index (χ1) is 14.9. The zero-order chi connectivity index (χ0) is 23.9. The van der Waals surface area contributed by atoms with Gasteiger partial charge in [0.1, 0.15) is 29.1 Å². The Morgan fingerprint density at radius 3 is 2.41 bits per heavy atom. The van der Waals surface area contributed by atoms with Crippen LogP contribution in [0.5, 0.6) is 5.75 Å². The van der Waals surface area contributed by atoms with Crippen LogP contribution < -0.4 is 9.46 Å². The average molecular weight is 464 g/mol. The molecule has 11 heteroatoms. The molecule has 0 amide bonds. The second-order valence-electron chi connectivity index (χ2n) is 7.82. The zero-order valence-electron chi connectivity index (χ0n) is 17.8. The highest BCUT2D eigenvalue weighted by Gasteiger charge is 2.28. The first-order valence-electron chi connectivity index (χ1n) is 9.56. The fraction of sp³-hybridized carbons (Fsp3) is 0.333. The highest BCUT2D eigenvalue weighted by Crippen LogP contribution is 2.29. The minimum absolute atomic E-state index is 0.0421. The number of benzene rings is 2. The molecule has 2 rings (SSSR count). The SMILES string of the molecule is CC(C)(C)OC(=O)CC(C=O)NS(=O)(=O)c1ccc([N+](=O)[O-])cc1OCc1ccccc1.